The van der Waals surface area contributed by atoms with Crippen LogP contribution in [0.25, 0.3) is 0 Å². The van der Waals surface area contributed by atoms with Gasteiger partial charge in [0.25, 0.3) is 5.91 Å². The van der Waals surface area contributed by atoms with Gasteiger partial charge in [-0.25, -0.2) is 0 Å². The number of likely N-dealkylation sites (N-methyl/N-ethyl adjacent to an activating group) is 1. The van der Waals surface area contributed by atoms with Crippen LogP contribution in [0.2, 0.25) is 0 Å². The van der Waals surface area contributed by atoms with E-state index in [1.54, 1.807) is 30.1 Å². The molecule has 0 atom stereocenters. The molecule has 1 N–H and O–H groups in total. The average Bonchev–Trinajstić information content (AvgIpc) is 2.67. The van der Waals surface area contributed by atoms with Crippen molar-refractivity contribution in [1.29, 1.82) is 0 Å². The molecule has 2 heterocycles. The molecular weight excluding hydrogens is 340 g/mol. The Labute approximate surface area is 151 Å². The lowest BCUT2D eigenvalue weighted by molar-refractivity contribution is -0.145. The molecule has 2 aliphatic rings. The Morgan fingerprint density at radius 2 is 1.81 bits per heavy atom. The Balaban J connectivity index is 1.57. The number of rotatable bonds is 4. The SMILES string of the molecule is CN(CC(=O)N1CCC(C(=O)O)CC1)C(=O)c1ccc2c(c1)OCCO2. The number of ether oxygens (including phenoxy) is 2. The Bertz CT molecular complexity index is 712. The smallest absolute Gasteiger partial charge is 0.306 e. The van der Waals surface area contributed by atoms with Crippen molar-refractivity contribution < 1.29 is 29.0 Å². The number of carboxylic acid groups (broad SMARTS) is 1. The third-order valence-electron chi connectivity index (χ3n) is 4.71. The number of carboxylic acids is 1. The molecule has 1 saturated heterocycles. The Hall–Kier alpha value is -2.77. The predicted octanol–water partition coefficient (Wildman–Crippen LogP) is 0.853. The number of amides is 2. The van der Waals surface area contributed by atoms with Crippen LogP contribution < -0.4 is 9.47 Å². The number of piperidine rings is 1. The van der Waals surface area contributed by atoms with E-state index in [9.17, 15) is 14.4 Å². The molecule has 0 saturated carbocycles. The van der Waals surface area contributed by atoms with Crippen LogP contribution in [-0.4, -0.2) is 72.6 Å². The lowest BCUT2D eigenvalue weighted by atomic mass is 9.97. The number of benzene rings is 1. The Kier molecular flexibility index (Phi) is 5.29. The van der Waals surface area contributed by atoms with Gasteiger partial charge in [-0.1, -0.05) is 0 Å². The van der Waals surface area contributed by atoms with E-state index in [1.807, 2.05) is 0 Å². The molecule has 0 aliphatic carbocycles. The van der Waals surface area contributed by atoms with Crippen LogP contribution in [-0.2, 0) is 9.59 Å². The molecule has 1 aromatic carbocycles. The van der Waals surface area contributed by atoms with E-state index in [0.29, 0.717) is 56.2 Å². The van der Waals surface area contributed by atoms with Crippen LogP contribution in [0, 0.1) is 5.92 Å². The fraction of sp³-hybridized carbons (Fsp3) is 0.500. The first-order valence-electron chi connectivity index (χ1n) is 8.61. The maximum absolute atomic E-state index is 12.6. The van der Waals surface area contributed by atoms with Gasteiger partial charge in [0.1, 0.15) is 13.2 Å². The zero-order chi connectivity index (χ0) is 18.7. The highest BCUT2D eigenvalue weighted by Crippen LogP contribution is 2.31. The largest absolute Gasteiger partial charge is 0.486 e. The van der Waals surface area contributed by atoms with Crippen molar-refractivity contribution in [2.45, 2.75) is 12.8 Å². The molecule has 1 fully saturated rings. The maximum Gasteiger partial charge on any atom is 0.306 e. The van der Waals surface area contributed by atoms with Crippen molar-refractivity contribution in [2.24, 2.45) is 5.92 Å². The molecule has 2 aliphatic heterocycles. The Morgan fingerprint density at radius 3 is 2.46 bits per heavy atom. The van der Waals surface area contributed by atoms with Gasteiger partial charge >= 0.3 is 5.97 Å². The van der Waals surface area contributed by atoms with Crippen LogP contribution in [0.4, 0.5) is 0 Å². The van der Waals surface area contributed by atoms with Gasteiger partial charge in [-0.3, -0.25) is 14.4 Å². The lowest BCUT2D eigenvalue weighted by Gasteiger charge is -2.31. The second-order valence-corrected chi connectivity index (χ2v) is 6.51. The summed E-state index contributed by atoms with van der Waals surface area (Å²) in [5.41, 5.74) is 0.425. The minimum atomic E-state index is -0.817. The molecule has 8 heteroatoms. The molecule has 1 aromatic rings. The number of likely N-dealkylation sites (tertiary alicyclic amines) is 1. The van der Waals surface area contributed by atoms with E-state index in [-0.39, 0.29) is 18.4 Å². The summed E-state index contributed by atoms with van der Waals surface area (Å²) < 4.78 is 10.9. The Morgan fingerprint density at radius 1 is 1.15 bits per heavy atom. The molecule has 8 nitrogen and oxygen atoms in total. The molecular formula is C18H22N2O6. The summed E-state index contributed by atoms with van der Waals surface area (Å²) in [6.07, 6.45) is 0.891. The van der Waals surface area contributed by atoms with Crippen molar-refractivity contribution in [3.8, 4) is 11.5 Å². The predicted molar refractivity (Wildman–Crippen MR) is 91.3 cm³/mol. The zero-order valence-corrected chi connectivity index (χ0v) is 14.6. The highest BCUT2D eigenvalue weighted by Gasteiger charge is 2.28. The van der Waals surface area contributed by atoms with Crippen LogP contribution in [0.1, 0.15) is 23.2 Å². The van der Waals surface area contributed by atoms with E-state index in [2.05, 4.69) is 0 Å². The third-order valence-corrected chi connectivity index (χ3v) is 4.71. The summed E-state index contributed by atoms with van der Waals surface area (Å²) in [5, 5.41) is 9.02. The summed E-state index contributed by atoms with van der Waals surface area (Å²) in [5.74, 6) is -0.539. The second-order valence-electron chi connectivity index (χ2n) is 6.51. The highest BCUT2D eigenvalue weighted by atomic mass is 16.6. The molecule has 0 radical (unpaired) electrons. The van der Waals surface area contributed by atoms with Crippen molar-refractivity contribution >= 4 is 17.8 Å². The van der Waals surface area contributed by atoms with Crippen LogP contribution in [0.15, 0.2) is 18.2 Å². The minimum Gasteiger partial charge on any atom is -0.486 e. The summed E-state index contributed by atoms with van der Waals surface area (Å²) in [6.45, 7) is 1.67. The highest BCUT2D eigenvalue weighted by molar-refractivity contribution is 5.97. The first-order chi connectivity index (χ1) is 12.5. The van der Waals surface area contributed by atoms with Crippen molar-refractivity contribution in [3.63, 3.8) is 0 Å². The third kappa shape index (κ3) is 3.89. The van der Waals surface area contributed by atoms with Gasteiger partial charge < -0.3 is 24.4 Å². The van der Waals surface area contributed by atoms with E-state index in [4.69, 9.17) is 14.6 Å². The average molecular weight is 362 g/mol. The minimum absolute atomic E-state index is 0.0506. The monoisotopic (exact) mass is 362 g/mol. The molecule has 3 rings (SSSR count). The number of nitrogens with zero attached hydrogens (tertiary/aromatic N) is 2. The van der Waals surface area contributed by atoms with E-state index in [0.717, 1.165) is 0 Å². The maximum atomic E-state index is 12.6. The van der Waals surface area contributed by atoms with Gasteiger partial charge in [-0.05, 0) is 31.0 Å². The van der Waals surface area contributed by atoms with Gasteiger partial charge in [0.05, 0.1) is 12.5 Å². The summed E-state index contributed by atoms with van der Waals surface area (Å²) >= 11 is 0. The number of hydrogen-bond donors (Lipinski definition) is 1. The first-order valence-corrected chi connectivity index (χ1v) is 8.61. The fourth-order valence-electron chi connectivity index (χ4n) is 3.15. The van der Waals surface area contributed by atoms with Crippen molar-refractivity contribution in [1.82, 2.24) is 9.80 Å². The van der Waals surface area contributed by atoms with Gasteiger partial charge in [-0.2, -0.15) is 0 Å². The number of hydrogen-bond acceptors (Lipinski definition) is 5. The summed E-state index contributed by atoms with van der Waals surface area (Å²) in [6, 6.07) is 4.96. The molecule has 2 amide bonds. The first kappa shape index (κ1) is 18.0. The summed E-state index contributed by atoms with van der Waals surface area (Å²) in [7, 11) is 1.57. The van der Waals surface area contributed by atoms with Crippen LogP contribution in [0.3, 0.4) is 0 Å². The molecule has 140 valence electrons. The van der Waals surface area contributed by atoms with Gasteiger partial charge in [0.2, 0.25) is 5.91 Å². The molecule has 0 aromatic heterocycles. The number of carbonyl (C=O) groups excluding carboxylic acids is 2. The second kappa shape index (κ2) is 7.63. The molecule has 0 unspecified atom stereocenters. The van der Waals surface area contributed by atoms with Crippen molar-refractivity contribution in [2.75, 3.05) is 39.9 Å². The lowest BCUT2D eigenvalue weighted by Crippen LogP contribution is -2.45. The van der Waals surface area contributed by atoms with Gasteiger partial charge in [0.15, 0.2) is 11.5 Å². The van der Waals surface area contributed by atoms with Gasteiger partial charge in [0, 0.05) is 25.7 Å². The standard InChI is InChI=1S/C18H22N2O6/c1-19(11-16(21)20-6-4-12(5-7-20)18(23)24)17(22)13-2-3-14-15(10-13)26-9-8-25-14/h2-3,10,12H,4-9,11H2,1H3,(H,23,24). The number of carbonyl (C=O) groups is 3. The topological polar surface area (TPSA) is 96.4 Å². The van der Waals surface area contributed by atoms with Gasteiger partial charge in [-0.15, -0.1) is 0 Å². The number of fused-ring (bicyclic) bond motifs is 1. The van der Waals surface area contributed by atoms with E-state index >= 15 is 0 Å². The normalized spacial score (nSPS) is 16.9. The quantitative estimate of drug-likeness (QED) is 0.853. The van der Waals surface area contributed by atoms with Crippen molar-refractivity contribution in [3.05, 3.63) is 23.8 Å². The number of aliphatic carboxylic acids is 1. The van der Waals surface area contributed by atoms with Crippen LogP contribution in [0.5, 0.6) is 11.5 Å². The fourth-order valence-corrected chi connectivity index (χ4v) is 3.15. The molecule has 0 bridgehead atoms. The molecule has 0 spiro atoms. The van der Waals surface area contributed by atoms with Crippen LogP contribution >= 0.6 is 0 Å². The van der Waals surface area contributed by atoms with E-state index < -0.39 is 11.9 Å². The van der Waals surface area contributed by atoms with E-state index in [1.165, 1.54) is 4.90 Å². The molecule has 26 heavy (non-hydrogen) atoms. The zero-order valence-electron chi connectivity index (χ0n) is 14.6. The summed E-state index contributed by atoms with van der Waals surface area (Å²) in [4.78, 5) is 38.9.